The third kappa shape index (κ3) is 4.45. The van der Waals surface area contributed by atoms with Gasteiger partial charge in [-0.1, -0.05) is 30.3 Å². The molecule has 7 heteroatoms. The number of esters is 1. The molecule has 1 aliphatic heterocycles. The van der Waals surface area contributed by atoms with Crippen LogP contribution >= 0.6 is 0 Å². The minimum Gasteiger partial charge on any atom is -0.454 e. The van der Waals surface area contributed by atoms with Gasteiger partial charge in [0.05, 0.1) is 17.7 Å². The van der Waals surface area contributed by atoms with Crippen molar-refractivity contribution in [1.29, 1.82) is 0 Å². The number of aromatic nitrogens is 1. The maximum Gasteiger partial charge on any atom is 0.311 e. The van der Waals surface area contributed by atoms with Crippen LogP contribution in [-0.2, 0) is 14.3 Å². The molecule has 1 fully saturated rings. The number of H-pyrrole nitrogens is 1. The molecule has 1 saturated heterocycles. The van der Waals surface area contributed by atoms with Gasteiger partial charge in [0.25, 0.3) is 0 Å². The van der Waals surface area contributed by atoms with Gasteiger partial charge in [0.1, 0.15) is 0 Å². The Morgan fingerprint density at radius 3 is 2.35 bits per heavy atom. The van der Waals surface area contributed by atoms with Crippen LogP contribution in [0.25, 0.3) is 0 Å². The number of ether oxygens (including phenoxy) is 1. The number of carbonyl (C=O) groups excluding carboxylic acids is 4. The summed E-state index contributed by atoms with van der Waals surface area (Å²) in [5, 5.41) is 0. The van der Waals surface area contributed by atoms with E-state index in [9.17, 15) is 19.2 Å². The van der Waals surface area contributed by atoms with Gasteiger partial charge in [0.2, 0.25) is 11.7 Å². The van der Waals surface area contributed by atoms with Crippen molar-refractivity contribution >= 4 is 23.4 Å². The monoisotopic (exact) mass is 424 g/mol. The van der Waals surface area contributed by atoms with Gasteiger partial charge in [-0.05, 0) is 45.7 Å². The molecule has 1 amide bonds. The molecular formula is C24H28N2O5. The fraction of sp³-hybridized carbons (Fsp3) is 0.417. The minimum atomic E-state index is -1.03. The third-order valence-electron chi connectivity index (χ3n) is 5.94. The zero-order valence-corrected chi connectivity index (χ0v) is 18.5. The van der Waals surface area contributed by atoms with Crippen LogP contribution in [-0.4, -0.2) is 46.0 Å². The number of likely N-dealkylation sites (tertiary alicyclic amines) is 1. The van der Waals surface area contributed by atoms with Crippen LogP contribution in [0.15, 0.2) is 30.3 Å². The van der Waals surface area contributed by atoms with Gasteiger partial charge in [-0.2, -0.15) is 0 Å². The van der Waals surface area contributed by atoms with E-state index in [0.29, 0.717) is 16.8 Å². The highest BCUT2D eigenvalue weighted by Gasteiger charge is 2.39. The zero-order valence-electron chi connectivity index (χ0n) is 18.5. The van der Waals surface area contributed by atoms with E-state index in [-0.39, 0.29) is 36.4 Å². The highest BCUT2D eigenvalue weighted by atomic mass is 16.5. The lowest BCUT2D eigenvalue weighted by Gasteiger charge is -2.25. The highest BCUT2D eigenvalue weighted by molar-refractivity contribution is 6.05. The molecule has 2 heterocycles. The smallest absolute Gasteiger partial charge is 0.311 e. The number of nitrogens with one attached hydrogen (secondary N) is 1. The summed E-state index contributed by atoms with van der Waals surface area (Å²) in [6.45, 7) is 8.55. The van der Waals surface area contributed by atoms with Crippen LogP contribution in [0, 0.1) is 19.8 Å². The van der Waals surface area contributed by atoms with Crippen molar-refractivity contribution in [2.75, 3.05) is 6.54 Å². The Bertz CT molecular complexity index is 1020. The molecule has 0 unspecified atom stereocenters. The summed E-state index contributed by atoms with van der Waals surface area (Å²) >= 11 is 0. The summed E-state index contributed by atoms with van der Waals surface area (Å²) in [5.74, 6) is -1.83. The molecule has 2 aromatic rings. The number of Topliss-reactive ketones (excluding diaryl/α,β-unsaturated/α-hetero) is 2. The van der Waals surface area contributed by atoms with Crippen LogP contribution < -0.4 is 0 Å². The fourth-order valence-electron chi connectivity index (χ4n) is 4.23. The van der Waals surface area contributed by atoms with Gasteiger partial charge in [-0.15, -0.1) is 0 Å². The van der Waals surface area contributed by atoms with Crippen molar-refractivity contribution in [2.24, 2.45) is 5.92 Å². The van der Waals surface area contributed by atoms with E-state index in [1.54, 1.807) is 18.7 Å². The summed E-state index contributed by atoms with van der Waals surface area (Å²) < 4.78 is 5.42. The number of amides is 1. The lowest BCUT2D eigenvalue weighted by Crippen LogP contribution is -2.32. The van der Waals surface area contributed by atoms with Crippen LogP contribution in [0.1, 0.15) is 70.9 Å². The van der Waals surface area contributed by atoms with E-state index in [1.165, 1.54) is 13.8 Å². The van der Waals surface area contributed by atoms with E-state index in [2.05, 4.69) is 4.98 Å². The second-order valence-corrected chi connectivity index (χ2v) is 8.16. The summed E-state index contributed by atoms with van der Waals surface area (Å²) in [7, 11) is 0. The standard InChI is InChI=1S/C24H28N2O5/c1-13-21(16(4)27)14(2)25-22(13)23(29)17(5)31-24(30)19-11-20(28)26(12-19)15(3)18-9-7-6-8-10-18/h6-10,15,17,19,25H,11-12H2,1-5H3/t15-,17+,19+/m0/s1. The fourth-order valence-corrected chi connectivity index (χ4v) is 4.23. The molecule has 1 aromatic carbocycles. The largest absolute Gasteiger partial charge is 0.454 e. The molecule has 0 spiro atoms. The van der Waals surface area contributed by atoms with Crippen LogP contribution in [0.4, 0.5) is 0 Å². The Hall–Kier alpha value is -3.22. The molecule has 7 nitrogen and oxygen atoms in total. The number of rotatable bonds is 7. The number of benzene rings is 1. The van der Waals surface area contributed by atoms with E-state index in [0.717, 1.165) is 5.56 Å². The lowest BCUT2D eigenvalue weighted by atomic mass is 10.0. The average Bonchev–Trinajstić information content (AvgIpc) is 3.26. The maximum atomic E-state index is 12.8. The predicted octanol–water partition coefficient (Wildman–Crippen LogP) is 3.56. The van der Waals surface area contributed by atoms with Gasteiger partial charge < -0.3 is 14.6 Å². The maximum absolute atomic E-state index is 12.8. The van der Waals surface area contributed by atoms with Crippen molar-refractivity contribution in [1.82, 2.24) is 9.88 Å². The molecule has 164 valence electrons. The minimum absolute atomic E-state index is 0.0615. The molecule has 0 aliphatic carbocycles. The van der Waals surface area contributed by atoms with Gasteiger partial charge in [-0.25, -0.2) is 0 Å². The Morgan fingerprint density at radius 2 is 1.77 bits per heavy atom. The average molecular weight is 424 g/mol. The molecule has 31 heavy (non-hydrogen) atoms. The number of aryl methyl sites for hydroxylation is 1. The molecule has 1 aliphatic rings. The molecule has 3 rings (SSSR count). The van der Waals surface area contributed by atoms with Crippen LogP contribution in [0.5, 0.6) is 0 Å². The summed E-state index contributed by atoms with van der Waals surface area (Å²) in [5.41, 5.74) is 2.90. The number of hydrogen-bond acceptors (Lipinski definition) is 5. The number of hydrogen-bond donors (Lipinski definition) is 1. The quantitative estimate of drug-likeness (QED) is 0.542. The first kappa shape index (κ1) is 22.5. The molecule has 0 bridgehead atoms. The molecule has 0 saturated carbocycles. The second-order valence-electron chi connectivity index (χ2n) is 8.16. The normalized spacial score (nSPS) is 18.0. The topological polar surface area (TPSA) is 96.5 Å². The van der Waals surface area contributed by atoms with Crippen molar-refractivity contribution in [2.45, 2.75) is 53.2 Å². The van der Waals surface area contributed by atoms with Gasteiger partial charge in [0, 0.05) is 24.2 Å². The SMILES string of the molecule is CC(=O)c1c(C)[nH]c(C(=O)[C@@H](C)OC(=O)[C@@H]2CC(=O)N([C@@H](C)c3ccccc3)C2)c1C. The predicted molar refractivity (Wildman–Crippen MR) is 115 cm³/mol. The molecule has 3 atom stereocenters. The van der Waals surface area contributed by atoms with Gasteiger partial charge in [-0.3, -0.25) is 19.2 Å². The number of nitrogens with zero attached hydrogens (tertiary/aromatic N) is 1. The molecule has 1 aromatic heterocycles. The van der Waals surface area contributed by atoms with Crippen molar-refractivity contribution in [3.63, 3.8) is 0 Å². The zero-order chi connectivity index (χ0) is 22.9. The van der Waals surface area contributed by atoms with Crippen LogP contribution in [0.3, 0.4) is 0 Å². The van der Waals surface area contributed by atoms with Gasteiger partial charge in [0.15, 0.2) is 11.9 Å². The third-order valence-corrected chi connectivity index (χ3v) is 5.94. The first-order valence-corrected chi connectivity index (χ1v) is 10.4. The Morgan fingerprint density at radius 1 is 1.13 bits per heavy atom. The number of ketones is 2. The van der Waals surface area contributed by atoms with E-state index in [1.807, 2.05) is 37.3 Å². The van der Waals surface area contributed by atoms with Crippen LogP contribution in [0.2, 0.25) is 0 Å². The summed E-state index contributed by atoms with van der Waals surface area (Å²) in [6, 6.07) is 9.47. The Kier molecular flexibility index (Phi) is 6.43. The first-order valence-electron chi connectivity index (χ1n) is 10.4. The van der Waals surface area contributed by atoms with Crippen molar-refractivity contribution in [3.05, 3.63) is 58.4 Å². The van der Waals surface area contributed by atoms with Gasteiger partial charge >= 0.3 is 5.97 Å². The Balaban J connectivity index is 1.66. The van der Waals surface area contributed by atoms with E-state index in [4.69, 9.17) is 4.74 Å². The summed E-state index contributed by atoms with van der Waals surface area (Å²) in [6.07, 6.45) is -0.966. The van der Waals surface area contributed by atoms with Crippen molar-refractivity contribution in [3.8, 4) is 0 Å². The second kappa shape index (κ2) is 8.88. The lowest BCUT2D eigenvalue weighted by molar-refractivity contribution is -0.151. The number of aromatic amines is 1. The molecule has 0 radical (unpaired) electrons. The molecule has 1 N–H and O–H groups in total. The Labute approximate surface area is 181 Å². The summed E-state index contributed by atoms with van der Waals surface area (Å²) in [4.78, 5) is 54.4. The van der Waals surface area contributed by atoms with Crippen molar-refractivity contribution < 1.29 is 23.9 Å². The first-order chi connectivity index (χ1) is 14.6. The van der Waals surface area contributed by atoms with E-state index < -0.39 is 23.8 Å². The number of carbonyl (C=O) groups is 4. The van der Waals surface area contributed by atoms with E-state index >= 15 is 0 Å². The highest BCUT2D eigenvalue weighted by Crippen LogP contribution is 2.29. The molecular weight excluding hydrogens is 396 g/mol.